The van der Waals surface area contributed by atoms with Crippen LogP contribution in [0.25, 0.3) is 11.5 Å². The topological polar surface area (TPSA) is 68.3 Å². The lowest BCUT2D eigenvalue weighted by Gasteiger charge is -2.02. The third-order valence-corrected chi connectivity index (χ3v) is 3.21. The van der Waals surface area contributed by atoms with Crippen LogP contribution in [0.15, 0.2) is 53.3 Å². The van der Waals surface area contributed by atoms with Crippen LogP contribution in [0, 0.1) is 6.92 Å². The number of carbonyl (C=O) groups is 1. The molecule has 0 saturated carbocycles. The first-order chi connectivity index (χ1) is 10.1. The number of furan rings is 1. The number of nitrogens with zero attached hydrogens (tertiary/aromatic N) is 2. The zero-order chi connectivity index (χ0) is 14.8. The molecule has 106 valence electrons. The standard InChI is InChI=1S/C16H14N2O3/c1-11-4-6-12(7-5-11)9-18-10-13(16(19)20)15(17-18)14-3-2-8-21-14/h2-8,10H,9H2,1H3,(H,19,20). The Balaban J connectivity index is 1.95. The lowest BCUT2D eigenvalue weighted by atomic mass is 10.1. The molecule has 0 atom stereocenters. The van der Waals surface area contributed by atoms with Crippen molar-refractivity contribution in [3.63, 3.8) is 0 Å². The Morgan fingerprint density at radius 2 is 2.05 bits per heavy atom. The van der Waals surface area contributed by atoms with Gasteiger partial charge in [0.25, 0.3) is 0 Å². The second-order valence-corrected chi connectivity index (χ2v) is 4.86. The molecule has 0 spiro atoms. The van der Waals surface area contributed by atoms with Crippen LogP contribution >= 0.6 is 0 Å². The predicted molar refractivity (Wildman–Crippen MR) is 77.2 cm³/mol. The number of benzene rings is 1. The highest BCUT2D eigenvalue weighted by Crippen LogP contribution is 2.23. The van der Waals surface area contributed by atoms with Gasteiger partial charge in [-0.2, -0.15) is 5.10 Å². The van der Waals surface area contributed by atoms with E-state index in [9.17, 15) is 9.90 Å². The average Bonchev–Trinajstić information content (AvgIpc) is 3.10. The molecule has 0 bridgehead atoms. The number of carboxylic acids is 1. The van der Waals surface area contributed by atoms with E-state index >= 15 is 0 Å². The van der Waals surface area contributed by atoms with E-state index in [0.717, 1.165) is 5.56 Å². The SMILES string of the molecule is Cc1ccc(Cn2cc(C(=O)O)c(-c3ccco3)n2)cc1. The number of aromatic nitrogens is 2. The van der Waals surface area contributed by atoms with E-state index in [1.165, 1.54) is 18.0 Å². The monoisotopic (exact) mass is 282 g/mol. The maximum Gasteiger partial charge on any atom is 0.339 e. The summed E-state index contributed by atoms with van der Waals surface area (Å²) in [6.07, 6.45) is 3.03. The van der Waals surface area contributed by atoms with Crippen molar-refractivity contribution >= 4 is 5.97 Å². The molecule has 0 aliphatic heterocycles. The van der Waals surface area contributed by atoms with Gasteiger partial charge >= 0.3 is 5.97 Å². The van der Waals surface area contributed by atoms with Crippen molar-refractivity contribution in [3.05, 3.63) is 65.5 Å². The minimum absolute atomic E-state index is 0.136. The number of rotatable bonds is 4. The first kappa shape index (κ1) is 13.2. The van der Waals surface area contributed by atoms with E-state index in [4.69, 9.17) is 4.42 Å². The van der Waals surface area contributed by atoms with Crippen molar-refractivity contribution in [2.24, 2.45) is 0 Å². The molecular weight excluding hydrogens is 268 g/mol. The van der Waals surface area contributed by atoms with Gasteiger partial charge in [-0.05, 0) is 24.6 Å². The zero-order valence-corrected chi connectivity index (χ0v) is 11.5. The van der Waals surface area contributed by atoms with Gasteiger partial charge in [-0.15, -0.1) is 0 Å². The summed E-state index contributed by atoms with van der Waals surface area (Å²) in [5, 5.41) is 13.6. The van der Waals surface area contributed by atoms with Crippen LogP contribution in [0.1, 0.15) is 21.5 Å². The van der Waals surface area contributed by atoms with Gasteiger partial charge in [-0.1, -0.05) is 29.8 Å². The molecule has 2 aromatic heterocycles. The smallest absolute Gasteiger partial charge is 0.339 e. The summed E-state index contributed by atoms with van der Waals surface area (Å²) in [4.78, 5) is 11.3. The Labute approximate surface area is 121 Å². The summed E-state index contributed by atoms with van der Waals surface area (Å²) in [7, 11) is 0. The Bertz CT molecular complexity index is 755. The van der Waals surface area contributed by atoms with E-state index < -0.39 is 5.97 Å². The Kier molecular flexibility index (Phi) is 3.31. The highest BCUT2D eigenvalue weighted by Gasteiger charge is 2.19. The van der Waals surface area contributed by atoms with E-state index in [-0.39, 0.29) is 5.56 Å². The van der Waals surface area contributed by atoms with Crippen LogP contribution in [0.2, 0.25) is 0 Å². The third-order valence-electron chi connectivity index (χ3n) is 3.21. The molecule has 3 aromatic rings. The molecule has 0 radical (unpaired) electrons. The average molecular weight is 282 g/mol. The minimum atomic E-state index is -1.02. The molecule has 0 amide bonds. The molecule has 0 aliphatic rings. The summed E-state index contributed by atoms with van der Waals surface area (Å²) in [6, 6.07) is 11.5. The molecule has 21 heavy (non-hydrogen) atoms. The molecule has 1 N–H and O–H groups in total. The molecule has 1 aromatic carbocycles. The van der Waals surface area contributed by atoms with Crippen molar-refractivity contribution in [2.45, 2.75) is 13.5 Å². The van der Waals surface area contributed by atoms with Gasteiger partial charge in [-0.25, -0.2) is 4.79 Å². The van der Waals surface area contributed by atoms with E-state index in [1.54, 1.807) is 16.8 Å². The molecule has 3 rings (SSSR count). The fraction of sp³-hybridized carbons (Fsp3) is 0.125. The summed E-state index contributed by atoms with van der Waals surface area (Å²) < 4.78 is 6.87. The Hall–Kier alpha value is -2.82. The zero-order valence-electron chi connectivity index (χ0n) is 11.5. The van der Waals surface area contributed by atoms with Crippen molar-refractivity contribution < 1.29 is 14.3 Å². The fourth-order valence-corrected chi connectivity index (χ4v) is 2.13. The summed E-state index contributed by atoms with van der Waals surface area (Å²) in [5.41, 5.74) is 2.73. The van der Waals surface area contributed by atoms with Crippen molar-refractivity contribution in [1.82, 2.24) is 9.78 Å². The van der Waals surface area contributed by atoms with Gasteiger partial charge in [-0.3, -0.25) is 4.68 Å². The number of carboxylic acid groups (broad SMARTS) is 1. The normalized spacial score (nSPS) is 10.7. The van der Waals surface area contributed by atoms with E-state index in [0.29, 0.717) is 18.0 Å². The summed E-state index contributed by atoms with van der Waals surface area (Å²) in [5.74, 6) is -0.563. The molecular formula is C16H14N2O3. The van der Waals surface area contributed by atoms with Crippen LogP contribution in [0.5, 0.6) is 0 Å². The molecule has 0 fully saturated rings. The third kappa shape index (κ3) is 2.72. The Morgan fingerprint density at radius 1 is 1.29 bits per heavy atom. The highest BCUT2D eigenvalue weighted by atomic mass is 16.4. The van der Waals surface area contributed by atoms with Gasteiger partial charge in [0.1, 0.15) is 11.3 Å². The van der Waals surface area contributed by atoms with Gasteiger partial charge in [0.05, 0.1) is 12.8 Å². The van der Waals surface area contributed by atoms with Crippen LogP contribution in [-0.2, 0) is 6.54 Å². The molecule has 5 nitrogen and oxygen atoms in total. The van der Waals surface area contributed by atoms with Crippen LogP contribution < -0.4 is 0 Å². The number of aromatic carboxylic acids is 1. The highest BCUT2D eigenvalue weighted by molar-refractivity contribution is 5.93. The van der Waals surface area contributed by atoms with Crippen molar-refractivity contribution in [2.75, 3.05) is 0 Å². The summed E-state index contributed by atoms with van der Waals surface area (Å²) in [6.45, 7) is 2.54. The maximum absolute atomic E-state index is 11.3. The lowest BCUT2D eigenvalue weighted by Crippen LogP contribution is -2.00. The quantitative estimate of drug-likeness (QED) is 0.798. The van der Waals surface area contributed by atoms with Crippen LogP contribution in [0.3, 0.4) is 0 Å². The largest absolute Gasteiger partial charge is 0.478 e. The number of hydrogen-bond acceptors (Lipinski definition) is 3. The number of hydrogen-bond donors (Lipinski definition) is 1. The van der Waals surface area contributed by atoms with Gasteiger partial charge in [0.15, 0.2) is 5.76 Å². The lowest BCUT2D eigenvalue weighted by molar-refractivity contribution is 0.0697. The van der Waals surface area contributed by atoms with Gasteiger partial charge in [0, 0.05) is 6.20 Å². The van der Waals surface area contributed by atoms with Gasteiger partial charge in [0.2, 0.25) is 0 Å². The predicted octanol–water partition coefficient (Wildman–Crippen LogP) is 3.20. The van der Waals surface area contributed by atoms with Crippen molar-refractivity contribution in [1.29, 1.82) is 0 Å². The molecule has 0 saturated heterocycles. The maximum atomic E-state index is 11.3. The Morgan fingerprint density at radius 3 is 2.67 bits per heavy atom. The molecule has 0 unspecified atom stereocenters. The minimum Gasteiger partial charge on any atom is -0.478 e. The van der Waals surface area contributed by atoms with Crippen molar-refractivity contribution in [3.8, 4) is 11.5 Å². The second kappa shape index (κ2) is 5.28. The second-order valence-electron chi connectivity index (χ2n) is 4.86. The van der Waals surface area contributed by atoms with Crippen LogP contribution in [-0.4, -0.2) is 20.9 Å². The molecule has 2 heterocycles. The molecule has 0 aliphatic carbocycles. The molecule has 5 heteroatoms. The van der Waals surface area contributed by atoms with Crippen LogP contribution in [0.4, 0.5) is 0 Å². The van der Waals surface area contributed by atoms with E-state index in [1.807, 2.05) is 31.2 Å². The fourth-order valence-electron chi connectivity index (χ4n) is 2.13. The first-order valence-electron chi connectivity index (χ1n) is 6.53. The summed E-state index contributed by atoms with van der Waals surface area (Å²) >= 11 is 0. The van der Waals surface area contributed by atoms with E-state index in [2.05, 4.69) is 5.10 Å². The first-order valence-corrected chi connectivity index (χ1v) is 6.53. The van der Waals surface area contributed by atoms with Gasteiger partial charge < -0.3 is 9.52 Å². The number of aryl methyl sites for hydroxylation is 1.